The molecular formula is C26H24BrFN2O4. The summed E-state index contributed by atoms with van der Waals surface area (Å²) in [5.41, 5.74) is 3.90. The van der Waals surface area contributed by atoms with Crippen LogP contribution in [0, 0.1) is 5.82 Å². The zero-order valence-electron chi connectivity index (χ0n) is 18.6. The van der Waals surface area contributed by atoms with Gasteiger partial charge in [0.05, 0.1) is 12.8 Å². The minimum absolute atomic E-state index is 0.0575. The molecule has 3 aromatic carbocycles. The fourth-order valence-electron chi connectivity index (χ4n) is 2.93. The van der Waals surface area contributed by atoms with Crippen molar-refractivity contribution in [3.8, 4) is 17.2 Å². The van der Waals surface area contributed by atoms with E-state index in [-0.39, 0.29) is 12.4 Å². The lowest BCUT2D eigenvalue weighted by Crippen LogP contribution is -2.18. The molecule has 0 aliphatic rings. The van der Waals surface area contributed by atoms with Crippen LogP contribution in [0.5, 0.6) is 17.2 Å². The first-order valence-electron chi connectivity index (χ1n) is 10.5. The van der Waals surface area contributed by atoms with Gasteiger partial charge in [-0.25, -0.2) is 9.82 Å². The van der Waals surface area contributed by atoms with Crippen LogP contribution in [0.15, 0.2) is 82.9 Å². The molecule has 0 fully saturated rings. The summed E-state index contributed by atoms with van der Waals surface area (Å²) < 4.78 is 31.6. The molecule has 3 aromatic rings. The highest BCUT2D eigenvalue weighted by atomic mass is 79.9. The highest BCUT2D eigenvalue weighted by Crippen LogP contribution is 2.28. The van der Waals surface area contributed by atoms with Crippen molar-refractivity contribution < 1.29 is 23.4 Å². The number of carbonyl (C=O) groups excluding carboxylic acids is 1. The lowest BCUT2D eigenvalue weighted by molar-refractivity contribution is 0.0954. The Bertz CT molecular complexity index is 1180. The average molecular weight is 527 g/mol. The molecule has 0 spiro atoms. The summed E-state index contributed by atoms with van der Waals surface area (Å²) in [6, 6.07) is 16.6. The molecule has 1 N–H and O–H groups in total. The Hall–Kier alpha value is -3.65. The summed E-state index contributed by atoms with van der Waals surface area (Å²) in [5.74, 6) is 0.710. The minimum atomic E-state index is -0.420. The first kappa shape index (κ1) is 25.0. The smallest absolute Gasteiger partial charge is 0.271 e. The van der Waals surface area contributed by atoms with E-state index >= 15 is 0 Å². The van der Waals surface area contributed by atoms with E-state index in [1.165, 1.54) is 12.3 Å². The van der Waals surface area contributed by atoms with Crippen LogP contribution >= 0.6 is 15.9 Å². The van der Waals surface area contributed by atoms with Gasteiger partial charge in [0.15, 0.2) is 11.5 Å². The monoisotopic (exact) mass is 526 g/mol. The molecule has 0 unspecified atom stereocenters. The molecule has 0 heterocycles. The van der Waals surface area contributed by atoms with E-state index in [2.05, 4.69) is 33.0 Å². The van der Waals surface area contributed by atoms with Gasteiger partial charge < -0.3 is 14.2 Å². The van der Waals surface area contributed by atoms with Crippen molar-refractivity contribution in [3.63, 3.8) is 0 Å². The van der Waals surface area contributed by atoms with Crippen LogP contribution in [0.2, 0.25) is 0 Å². The molecule has 0 saturated carbocycles. The van der Waals surface area contributed by atoms with Crippen LogP contribution in [-0.2, 0) is 6.61 Å². The third kappa shape index (κ3) is 6.92. The van der Waals surface area contributed by atoms with Crippen molar-refractivity contribution in [1.29, 1.82) is 0 Å². The molecule has 176 valence electrons. The molecule has 0 aliphatic heterocycles. The van der Waals surface area contributed by atoms with Crippen LogP contribution in [0.4, 0.5) is 4.39 Å². The molecule has 0 radical (unpaired) electrons. The van der Waals surface area contributed by atoms with Crippen LogP contribution in [0.25, 0.3) is 0 Å². The third-order valence-corrected chi connectivity index (χ3v) is 5.04. The van der Waals surface area contributed by atoms with Crippen molar-refractivity contribution in [2.75, 3.05) is 13.2 Å². The van der Waals surface area contributed by atoms with E-state index in [4.69, 9.17) is 14.2 Å². The average Bonchev–Trinajstić information content (AvgIpc) is 2.83. The van der Waals surface area contributed by atoms with Gasteiger partial charge in [-0.05, 0) is 49.4 Å². The molecule has 6 nitrogen and oxygen atoms in total. The summed E-state index contributed by atoms with van der Waals surface area (Å²) in [6.07, 6.45) is 3.09. The molecule has 0 aliphatic carbocycles. The lowest BCUT2D eigenvalue weighted by atomic mass is 10.2. The molecule has 34 heavy (non-hydrogen) atoms. The predicted octanol–water partition coefficient (Wildman–Crippen LogP) is 5.89. The quantitative estimate of drug-likeness (QED) is 0.192. The molecule has 0 aromatic heterocycles. The van der Waals surface area contributed by atoms with Crippen molar-refractivity contribution in [2.24, 2.45) is 5.10 Å². The van der Waals surface area contributed by atoms with Gasteiger partial charge in [-0.3, -0.25) is 4.79 Å². The summed E-state index contributed by atoms with van der Waals surface area (Å²) in [7, 11) is 0. The van der Waals surface area contributed by atoms with Crippen LogP contribution < -0.4 is 19.6 Å². The number of rotatable bonds is 11. The molecule has 3 rings (SSSR count). The maximum Gasteiger partial charge on any atom is 0.271 e. The van der Waals surface area contributed by atoms with Gasteiger partial charge in [0.25, 0.3) is 5.91 Å². The Morgan fingerprint density at radius 1 is 1.06 bits per heavy atom. The first-order chi connectivity index (χ1) is 16.5. The maximum atomic E-state index is 13.9. The van der Waals surface area contributed by atoms with Gasteiger partial charge >= 0.3 is 0 Å². The standard InChI is InChI=1S/C26H24BrFN2O4/c1-3-13-33-24-11-9-18(15-25(24)32-4-2)26(31)30-29-16-20-14-21(27)10-12-23(20)34-17-19-7-5-6-8-22(19)28/h3,5-12,14-16H,1,4,13,17H2,2H3,(H,30,31)/b29-16+. The molecule has 0 bridgehead atoms. The van der Waals surface area contributed by atoms with Crippen molar-refractivity contribution in [3.05, 3.63) is 100 Å². The fourth-order valence-corrected chi connectivity index (χ4v) is 3.31. The topological polar surface area (TPSA) is 69.2 Å². The van der Waals surface area contributed by atoms with Gasteiger partial charge in [-0.1, -0.05) is 46.8 Å². The summed E-state index contributed by atoms with van der Waals surface area (Å²) in [5, 5.41) is 4.06. The summed E-state index contributed by atoms with van der Waals surface area (Å²) in [4.78, 5) is 12.6. The highest BCUT2D eigenvalue weighted by molar-refractivity contribution is 9.10. The normalized spacial score (nSPS) is 10.7. The zero-order valence-corrected chi connectivity index (χ0v) is 20.2. The number of carbonyl (C=O) groups is 1. The van der Waals surface area contributed by atoms with Crippen LogP contribution in [0.3, 0.4) is 0 Å². The van der Waals surface area contributed by atoms with Gasteiger partial charge in [-0.15, -0.1) is 0 Å². The number of nitrogens with zero attached hydrogens (tertiary/aromatic N) is 1. The molecule has 0 atom stereocenters. The zero-order chi connectivity index (χ0) is 24.3. The Morgan fingerprint density at radius 2 is 1.85 bits per heavy atom. The van der Waals surface area contributed by atoms with E-state index in [9.17, 15) is 9.18 Å². The second-order valence-corrected chi connectivity index (χ2v) is 7.87. The first-order valence-corrected chi connectivity index (χ1v) is 11.3. The number of halogens is 2. The van der Waals surface area contributed by atoms with Crippen LogP contribution in [-0.4, -0.2) is 25.3 Å². The van der Waals surface area contributed by atoms with Crippen LogP contribution in [0.1, 0.15) is 28.4 Å². The van der Waals surface area contributed by atoms with Crippen molar-refractivity contribution >= 4 is 28.1 Å². The number of hydrogen-bond acceptors (Lipinski definition) is 5. The number of amides is 1. The maximum absolute atomic E-state index is 13.9. The molecule has 0 saturated heterocycles. The van der Waals surface area contributed by atoms with Gasteiger partial charge in [0, 0.05) is 21.2 Å². The summed E-state index contributed by atoms with van der Waals surface area (Å²) >= 11 is 3.41. The second-order valence-electron chi connectivity index (χ2n) is 6.96. The van der Waals surface area contributed by atoms with E-state index in [1.54, 1.807) is 60.7 Å². The number of hydrazone groups is 1. The van der Waals surface area contributed by atoms with E-state index < -0.39 is 5.91 Å². The van der Waals surface area contributed by atoms with Gasteiger partial charge in [0.1, 0.15) is 24.8 Å². The van der Waals surface area contributed by atoms with Gasteiger partial charge in [-0.2, -0.15) is 5.10 Å². The van der Waals surface area contributed by atoms with Crippen molar-refractivity contribution in [2.45, 2.75) is 13.5 Å². The lowest BCUT2D eigenvalue weighted by Gasteiger charge is -2.12. The number of ether oxygens (including phenoxy) is 3. The van der Waals surface area contributed by atoms with Gasteiger partial charge in [0.2, 0.25) is 0 Å². The Balaban J connectivity index is 1.70. The minimum Gasteiger partial charge on any atom is -0.490 e. The fraction of sp³-hybridized carbons (Fsp3) is 0.154. The predicted molar refractivity (Wildman–Crippen MR) is 133 cm³/mol. The van der Waals surface area contributed by atoms with E-state index in [1.807, 2.05) is 6.92 Å². The SMILES string of the molecule is C=CCOc1ccc(C(=O)N/N=C/c2cc(Br)ccc2OCc2ccccc2F)cc1OCC. The second kappa shape index (κ2) is 12.6. The largest absolute Gasteiger partial charge is 0.490 e. The van der Waals surface area contributed by atoms with Crippen molar-refractivity contribution in [1.82, 2.24) is 5.43 Å². The summed E-state index contributed by atoms with van der Waals surface area (Å²) in [6.45, 7) is 6.27. The number of hydrogen-bond donors (Lipinski definition) is 1. The van der Waals surface area contributed by atoms with E-state index in [0.29, 0.717) is 47.2 Å². The molecule has 8 heteroatoms. The number of nitrogens with one attached hydrogen (secondary N) is 1. The molecular weight excluding hydrogens is 503 g/mol. The third-order valence-electron chi connectivity index (χ3n) is 4.55. The highest BCUT2D eigenvalue weighted by Gasteiger charge is 2.12. The van der Waals surface area contributed by atoms with E-state index in [0.717, 1.165) is 4.47 Å². The number of benzene rings is 3. The Kier molecular flexibility index (Phi) is 9.22. The Morgan fingerprint density at radius 3 is 2.62 bits per heavy atom. The Labute approximate surface area is 206 Å². The molecule has 1 amide bonds.